The van der Waals surface area contributed by atoms with Crippen molar-refractivity contribution in [1.29, 1.82) is 0 Å². The number of hydrogen-bond acceptors (Lipinski definition) is 3. The molecular formula is C27H31N4O3+. The van der Waals surface area contributed by atoms with Crippen molar-refractivity contribution in [2.75, 3.05) is 6.54 Å². The zero-order valence-electron chi connectivity index (χ0n) is 20.4. The van der Waals surface area contributed by atoms with Gasteiger partial charge in [-0.2, -0.15) is 4.57 Å². The Bertz CT molecular complexity index is 1360. The highest BCUT2D eigenvalue weighted by Gasteiger charge is 2.47. The predicted octanol–water partition coefficient (Wildman–Crippen LogP) is 3.48. The molecule has 34 heavy (non-hydrogen) atoms. The van der Waals surface area contributed by atoms with Crippen molar-refractivity contribution in [3.8, 4) is 5.69 Å². The number of carbonyl (C=O) groups excluding carboxylic acids is 2. The lowest BCUT2D eigenvalue weighted by atomic mass is 10.0. The summed E-state index contributed by atoms with van der Waals surface area (Å²) in [7, 11) is 0. The highest BCUT2D eigenvalue weighted by Crippen LogP contribution is 2.31. The second-order valence-electron chi connectivity index (χ2n) is 8.91. The first kappa shape index (κ1) is 23.4. The van der Waals surface area contributed by atoms with E-state index in [9.17, 15) is 14.4 Å². The van der Waals surface area contributed by atoms with Gasteiger partial charge in [-0.1, -0.05) is 38.0 Å². The van der Waals surface area contributed by atoms with E-state index in [1.54, 1.807) is 17.0 Å². The summed E-state index contributed by atoms with van der Waals surface area (Å²) in [6.45, 7) is 10.2. The number of aromatic amines is 1. The summed E-state index contributed by atoms with van der Waals surface area (Å²) in [5, 5.41) is 3.25. The number of nitrogens with zero attached hydrogens (tertiary/aromatic N) is 3. The van der Waals surface area contributed by atoms with E-state index in [1.165, 1.54) is 9.58 Å². The third kappa shape index (κ3) is 3.91. The molecule has 0 fully saturated rings. The fraction of sp³-hybridized carbons (Fsp3) is 0.333. The van der Waals surface area contributed by atoms with Crippen molar-refractivity contribution < 1.29 is 14.2 Å². The van der Waals surface area contributed by atoms with Gasteiger partial charge in [0.2, 0.25) is 0 Å². The van der Waals surface area contributed by atoms with Crippen LogP contribution in [0.25, 0.3) is 17.0 Å². The molecule has 7 nitrogen and oxygen atoms in total. The lowest BCUT2D eigenvalue weighted by molar-refractivity contribution is -0.577. The largest absolute Gasteiger partial charge is 0.326 e. The minimum Gasteiger partial charge on any atom is -0.294 e. The minimum absolute atomic E-state index is 0.167. The van der Waals surface area contributed by atoms with Crippen LogP contribution in [0.1, 0.15) is 54.6 Å². The van der Waals surface area contributed by atoms with Crippen LogP contribution in [0.5, 0.6) is 0 Å². The lowest BCUT2D eigenvalue weighted by Crippen LogP contribution is -2.39. The Kier molecular flexibility index (Phi) is 6.37. The quantitative estimate of drug-likeness (QED) is 0.434. The Morgan fingerprint density at radius 2 is 1.59 bits per heavy atom. The van der Waals surface area contributed by atoms with Gasteiger partial charge < -0.3 is 0 Å². The van der Waals surface area contributed by atoms with Crippen molar-refractivity contribution in [3.63, 3.8) is 0 Å². The van der Waals surface area contributed by atoms with Crippen LogP contribution in [0.2, 0.25) is 0 Å². The van der Waals surface area contributed by atoms with Crippen LogP contribution in [-0.2, 0) is 16.0 Å². The molecule has 2 aromatic heterocycles. The number of carbonyl (C=O) groups is 2. The van der Waals surface area contributed by atoms with Gasteiger partial charge in [-0.15, -0.1) is 0 Å². The molecular weight excluding hydrogens is 428 g/mol. The van der Waals surface area contributed by atoms with E-state index in [4.69, 9.17) is 0 Å². The molecule has 3 aromatic rings. The first-order valence-electron chi connectivity index (χ1n) is 11.8. The van der Waals surface area contributed by atoms with Gasteiger partial charge in [0.25, 0.3) is 17.2 Å². The van der Waals surface area contributed by atoms with E-state index in [0.717, 1.165) is 28.8 Å². The molecule has 0 unspecified atom stereocenters. The Morgan fingerprint density at radius 1 is 0.882 bits per heavy atom. The SMILES string of the molecule is CCCc1[nH]n(-c2ccc(C)cc2C)c(=O)c1C1=C([n+]2ccc(C)cc2)C(=O)N(CCC)C1=O. The normalized spacial score (nSPS) is 14.0. The fourth-order valence-corrected chi connectivity index (χ4v) is 4.50. The standard InChI is InChI=1S/C27H30N4O3/c1-6-8-20-22(26(33)31(28-20)21-10-9-18(4)16-19(21)5)23-24(29-14-11-17(3)12-15-29)27(34)30(13-7-2)25(23)32/h9-12,14-16H,6-8,13H2,1-5H3/p+1. The average molecular weight is 460 g/mol. The maximum atomic E-state index is 13.8. The number of aryl methyl sites for hydroxylation is 4. The van der Waals surface area contributed by atoms with E-state index >= 15 is 0 Å². The molecule has 0 saturated carbocycles. The van der Waals surface area contributed by atoms with Crippen LogP contribution in [0.3, 0.4) is 0 Å². The first-order valence-corrected chi connectivity index (χ1v) is 11.8. The fourth-order valence-electron chi connectivity index (χ4n) is 4.50. The summed E-state index contributed by atoms with van der Waals surface area (Å²) in [5.74, 6) is -0.798. The van der Waals surface area contributed by atoms with Gasteiger partial charge in [0.15, 0.2) is 12.4 Å². The molecule has 1 aliphatic heterocycles. The molecule has 176 valence electrons. The number of hydrogen-bond donors (Lipinski definition) is 1. The van der Waals surface area contributed by atoms with Gasteiger partial charge in [0.05, 0.1) is 11.3 Å². The Balaban J connectivity index is 2.01. The van der Waals surface area contributed by atoms with Gasteiger partial charge in [-0.05, 0) is 50.8 Å². The van der Waals surface area contributed by atoms with Crippen LogP contribution in [0.15, 0.2) is 47.5 Å². The molecule has 2 amide bonds. The number of H-pyrrole nitrogens is 1. The van der Waals surface area contributed by atoms with Crippen LogP contribution in [0, 0.1) is 20.8 Å². The maximum Gasteiger partial charge on any atom is 0.326 e. The molecule has 3 heterocycles. The van der Waals surface area contributed by atoms with E-state index in [0.29, 0.717) is 25.1 Å². The molecule has 0 aliphatic carbocycles. The summed E-state index contributed by atoms with van der Waals surface area (Å²) >= 11 is 0. The molecule has 0 radical (unpaired) electrons. The van der Waals surface area contributed by atoms with Crippen LogP contribution in [0.4, 0.5) is 0 Å². The van der Waals surface area contributed by atoms with Crippen molar-refractivity contribution in [2.45, 2.75) is 53.9 Å². The topological polar surface area (TPSA) is 79.1 Å². The summed E-state index contributed by atoms with van der Waals surface area (Å²) < 4.78 is 3.15. The second kappa shape index (κ2) is 9.25. The Morgan fingerprint density at radius 3 is 2.21 bits per heavy atom. The molecule has 1 aromatic carbocycles. The maximum absolute atomic E-state index is 13.8. The van der Waals surface area contributed by atoms with Crippen molar-refractivity contribution in [1.82, 2.24) is 14.7 Å². The van der Waals surface area contributed by atoms with E-state index in [1.807, 2.05) is 65.0 Å². The Labute approximate surface area is 199 Å². The zero-order chi connectivity index (χ0) is 24.6. The molecule has 0 saturated heterocycles. The van der Waals surface area contributed by atoms with Gasteiger partial charge in [0, 0.05) is 24.4 Å². The smallest absolute Gasteiger partial charge is 0.294 e. The number of benzene rings is 1. The molecule has 4 rings (SSSR count). The number of aromatic nitrogens is 3. The predicted molar refractivity (Wildman–Crippen MR) is 131 cm³/mol. The average Bonchev–Trinajstić information content (AvgIpc) is 3.23. The molecule has 1 N–H and O–H groups in total. The minimum atomic E-state index is -0.420. The highest BCUT2D eigenvalue weighted by atomic mass is 16.2. The molecule has 1 aliphatic rings. The summed E-state index contributed by atoms with van der Waals surface area (Å²) in [6, 6.07) is 9.62. The highest BCUT2D eigenvalue weighted by molar-refractivity contribution is 6.44. The van der Waals surface area contributed by atoms with E-state index in [-0.39, 0.29) is 28.3 Å². The number of nitrogens with one attached hydrogen (secondary N) is 1. The molecule has 0 bridgehead atoms. The Hall–Kier alpha value is -3.74. The zero-order valence-corrected chi connectivity index (χ0v) is 20.4. The molecule has 7 heteroatoms. The number of pyridine rings is 1. The van der Waals surface area contributed by atoms with Gasteiger partial charge in [-0.3, -0.25) is 24.4 Å². The van der Waals surface area contributed by atoms with Crippen LogP contribution in [-0.4, -0.2) is 33.0 Å². The number of amides is 2. The summed E-state index contributed by atoms with van der Waals surface area (Å²) in [5.41, 5.74) is 4.81. The van der Waals surface area contributed by atoms with Crippen molar-refractivity contribution >= 4 is 23.1 Å². The van der Waals surface area contributed by atoms with Gasteiger partial charge in [0.1, 0.15) is 5.57 Å². The van der Waals surface area contributed by atoms with Crippen molar-refractivity contribution in [2.24, 2.45) is 0 Å². The van der Waals surface area contributed by atoms with E-state index < -0.39 is 5.91 Å². The third-order valence-electron chi connectivity index (χ3n) is 6.15. The number of imide groups is 1. The van der Waals surface area contributed by atoms with Crippen molar-refractivity contribution in [3.05, 3.63) is 81.0 Å². The first-order chi connectivity index (χ1) is 16.3. The second-order valence-corrected chi connectivity index (χ2v) is 8.91. The van der Waals surface area contributed by atoms with Gasteiger partial charge >= 0.3 is 5.91 Å². The van der Waals surface area contributed by atoms with Crippen LogP contribution >= 0.6 is 0 Å². The summed E-state index contributed by atoms with van der Waals surface area (Å²) in [4.78, 5) is 42.1. The molecule has 0 atom stereocenters. The number of rotatable bonds is 7. The monoisotopic (exact) mass is 459 g/mol. The van der Waals surface area contributed by atoms with Gasteiger partial charge in [-0.25, -0.2) is 4.68 Å². The summed E-state index contributed by atoms with van der Waals surface area (Å²) in [6.07, 6.45) is 5.52. The van der Waals surface area contributed by atoms with E-state index in [2.05, 4.69) is 5.10 Å². The third-order valence-corrected chi connectivity index (χ3v) is 6.15. The molecule has 0 spiro atoms. The lowest BCUT2D eigenvalue weighted by Gasteiger charge is -2.11. The van der Waals surface area contributed by atoms with Crippen LogP contribution < -0.4 is 10.1 Å².